The predicted octanol–water partition coefficient (Wildman–Crippen LogP) is 6.88. The number of hydrogen-bond donors (Lipinski definition) is 1. The molecule has 0 aliphatic rings. The largest absolute Gasteiger partial charge is 0.352 e. The van der Waals surface area contributed by atoms with Crippen LogP contribution in [-0.4, -0.2) is 43.8 Å². The highest BCUT2D eigenvalue weighted by atomic mass is 35.5. The van der Waals surface area contributed by atoms with Gasteiger partial charge in [0.2, 0.25) is 11.8 Å². The van der Waals surface area contributed by atoms with Gasteiger partial charge in [0.15, 0.2) is 0 Å². The van der Waals surface area contributed by atoms with Crippen LogP contribution >= 0.6 is 23.2 Å². The van der Waals surface area contributed by atoms with Gasteiger partial charge in [0, 0.05) is 34.6 Å². The zero-order valence-corrected chi connectivity index (χ0v) is 27.2. The molecule has 0 bridgehead atoms. The molecule has 2 unspecified atom stereocenters. The standard InChI is InChI=1S/C34H34Cl2FN3O4S/c1-3-24(2)38-34(42)32(21-25-11-6-4-7-12-25)39(22-29-30(35)15-10-16-31(29)36)33(41)23-40(27-19-17-26(37)18-20-27)45(43,44)28-13-8-5-9-14-28/h4-20,24,32H,3,21-23H2,1-2H3,(H,38,42). The van der Waals surface area contributed by atoms with E-state index >= 15 is 0 Å². The van der Waals surface area contributed by atoms with Gasteiger partial charge in [-0.15, -0.1) is 0 Å². The predicted molar refractivity (Wildman–Crippen MR) is 176 cm³/mol. The van der Waals surface area contributed by atoms with Crippen molar-refractivity contribution >= 4 is 50.7 Å². The molecule has 236 valence electrons. The molecule has 45 heavy (non-hydrogen) atoms. The second-order valence-corrected chi connectivity index (χ2v) is 13.2. The number of carbonyl (C=O) groups is 2. The molecule has 2 atom stereocenters. The number of amides is 2. The van der Waals surface area contributed by atoms with E-state index in [1.165, 1.54) is 29.2 Å². The fourth-order valence-corrected chi connectivity index (χ4v) is 6.66. The van der Waals surface area contributed by atoms with Gasteiger partial charge in [0.1, 0.15) is 18.4 Å². The molecular weight excluding hydrogens is 636 g/mol. The Morgan fingerprint density at radius 3 is 2.00 bits per heavy atom. The fourth-order valence-electron chi connectivity index (χ4n) is 4.70. The Morgan fingerprint density at radius 1 is 0.844 bits per heavy atom. The Hall–Kier alpha value is -3.92. The second kappa shape index (κ2) is 15.4. The van der Waals surface area contributed by atoms with Crippen molar-refractivity contribution in [1.82, 2.24) is 10.2 Å². The number of benzene rings is 4. The minimum absolute atomic E-state index is 0.0572. The van der Waals surface area contributed by atoms with E-state index in [0.717, 1.165) is 22.0 Å². The zero-order chi connectivity index (χ0) is 32.6. The third-order valence-corrected chi connectivity index (χ3v) is 9.88. The summed E-state index contributed by atoms with van der Waals surface area (Å²) in [6, 6.07) is 25.3. The van der Waals surface area contributed by atoms with Crippen molar-refractivity contribution in [3.05, 3.63) is 130 Å². The number of rotatable bonds is 13. The normalized spacial score (nSPS) is 12.6. The van der Waals surface area contributed by atoms with Crippen LogP contribution in [0.2, 0.25) is 10.0 Å². The molecule has 0 heterocycles. The molecule has 11 heteroatoms. The van der Waals surface area contributed by atoms with Crippen molar-refractivity contribution in [1.29, 1.82) is 0 Å². The summed E-state index contributed by atoms with van der Waals surface area (Å²) in [5.74, 6) is -1.67. The summed E-state index contributed by atoms with van der Waals surface area (Å²) in [5.41, 5.74) is 1.27. The van der Waals surface area contributed by atoms with Gasteiger partial charge in [-0.2, -0.15) is 0 Å². The summed E-state index contributed by atoms with van der Waals surface area (Å²) < 4.78 is 42.7. The molecule has 0 saturated carbocycles. The molecule has 0 fully saturated rings. The minimum Gasteiger partial charge on any atom is -0.352 e. The third kappa shape index (κ3) is 8.63. The minimum atomic E-state index is -4.30. The molecule has 0 radical (unpaired) electrons. The lowest BCUT2D eigenvalue weighted by molar-refractivity contribution is -0.140. The van der Waals surface area contributed by atoms with E-state index in [4.69, 9.17) is 23.2 Å². The van der Waals surface area contributed by atoms with E-state index in [2.05, 4.69) is 5.32 Å². The number of sulfonamides is 1. The first kappa shape index (κ1) is 34.0. The van der Waals surface area contributed by atoms with Gasteiger partial charge in [-0.25, -0.2) is 12.8 Å². The smallest absolute Gasteiger partial charge is 0.264 e. The first-order valence-electron chi connectivity index (χ1n) is 14.4. The molecule has 2 amide bonds. The lowest BCUT2D eigenvalue weighted by Crippen LogP contribution is -2.54. The van der Waals surface area contributed by atoms with Crippen molar-refractivity contribution in [2.24, 2.45) is 0 Å². The summed E-state index contributed by atoms with van der Waals surface area (Å²) in [5, 5.41) is 3.55. The fraction of sp³-hybridized carbons (Fsp3) is 0.235. The van der Waals surface area contributed by atoms with Crippen LogP contribution < -0.4 is 9.62 Å². The average Bonchev–Trinajstić information content (AvgIpc) is 3.04. The number of nitrogens with one attached hydrogen (secondary N) is 1. The van der Waals surface area contributed by atoms with Gasteiger partial charge in [-0.3, -0.25) is 13.9 Å². The van der Waals surface area contributed by atoms with E-state index in [1.54, 1.807) is 36.4 Å². The van der Waals surface area contributed by atoms with Crippen LogP contribution in [0.1, 0.15) is 31.4 Å². The third-order valence-electron chi connectivity index (χ3n) is 7.39. The Labute approximate surface area is 273 Å². The van der Waals surface area contributed by atoms with Crippen LogP contribution in [-0.2, 0) is 32.6 Å². The topological polar surface area (TPSA) is 86.8 Å². The van der Waals surface area contributed by atoms with Gasteiger partial charge >= 0.3 is 0 Å². The van der Waals surface area contributed by atoms with Crippen molar-refractivity contribution in [2.45, 2.75) is 50.2 Å². The molecule has 7 nitrogen and oxygen atoms in total. The van der Waals surface area contributed by atoms with Crippen LogP contribution in [0.25, 0.3) is 0 Å². The maximum Gasteiger partial charge on any atom is 0.264 e. The number of nitrogens with zero attached hydrogens (tertiary/aromatic N) is 2. The van der Waals surface area contributed by atoms with Crippen LogP contribution in [0.15, 0.2) is 108 Å². The SMILES string of the molecule is CCC(C)NC(=O)C(Cc1ccccc1)N(Cc1c(Cl)cccc1Cl)C(=O)CN(c1ccc(F)cc1)S(=O)(=O)c1ccccc1. The van der Waals surface area contributed by atoms with Gasteiger partial charge in [0.25, 0.3) is 10.0 Å². The summed E-state index contributed by atoms with van der Waals surface area (Å²) >= 11 is 13.1. The molecule has 4 aromatic carbocycles. The van der Waals surface area contributed by atoms with E-state index in [0.29, 0.717) is 12.0 Å². The Morgan fingerprint density at radius 2 is 1.42 bits per heavy atom. The summed E-state index contributed by atoms with van der Waals surface area (Å²) in [7, 11) is -4.30. The Kier molecular flexibility index (Phi) is 11.6. The van der Waals surface area contributed by atoms with E-state index < -0.39 is 40.2 Å². The summed E-state index contributed by atoms with van der Waals surface area (Å²) in [6.45, 7) is 2.92. The molecule has 0 aliphatic carbocycles. The highest BCUT2D eigenvalue weighted by Crippen LogP contribution is 2.29. The van der Waals surface area contributed by atoms with E-state index in [1.807, 2.05) is 44.2 Å². The summed E-state index contributed by atoms with van der Waals surface area (Å²) in [4.78, 5) is 29.6. The highest BCUT2D eigenvalue weighted by Gasteiger charge is 2.35. The van der Waals surface area contributed by atoms with Crippen LogP contribution in [0.3, 0.4) is 0 Å². The van der Waals surface area contributed by atoms with Crippen molar-refractivity contribution in [3.8, 4) is 0 Å². The van der Waals surface area contributed by atoms with Crippen LogP contribution in [0.4, 0.5) is 10.1 Å². The molecule has 1 N–H and O–H groups in total. The molecule has 4 rings (SSSR count). The van der Waals surface area contributed by atoms with Crippen LogP contribution in [0.5, 0.6) is 0 Å². The zero-order valence-electron chi connectivity index (χ0n) is 24.9. The Bertz CT molecular complexity index is 1690. The maximum absolute atomic E-state index is 14.5. The monoisotopic (exact) mass is 669 g/mol. The number of carbonyl (C=O) groups excluding carboxylic acids is 2. The molecule has 0 saturated heterocycles. The number of anilines is 1. The number of hydrogen-bond acceptors (Lipinski definition) is 4. The second-order valence-electron chi connectivity index (χ2n) is 10.5. The number of halogens is 3. The highest BCUT2D eigenvalue weighted by molar-refractivity contribution is 7.92. The van der Waals surface area contributed by atoms with Crippen molar-refractivity contribution in [2.75, 3.05) is 10.8 Å². The lowest BCUT2D eigenvalue weighted by atomic mass is 10.0. The summed E-state index contributed by atoms with van der Waals surface area (Å²) in [6.07, 6.45) is 0.792. The van der Waals surface area contributed by atoms with Gasteiger partial charge in [0.05, 0.1) is 10.6 Å². The van der Waals surface area contributed by atoms with Crippen molar-refractivity contribution in [3.63, 3.8) is 0 Å². The molecule has 0 aromatic heterocycles. The first-order valence-corrected chi connectivity index (χ1v) is 16.6. The molecular formula is C34H34Cl2FN3O4S. The quantitative estimate of drug-likeness (QED) is 0.168. The van der Waals surface area contributed by atoms with E-state index in [9.17, 15) is 22.4 Å². The van der Waals surface area contributed by atoms with Crippen LogP contribution in [0, 0.1) is 5.82 Å². The maximum atomic E-state index is 14.5. The van der Waals surface area contributed by atoms with Gasteiger partial charge in [-0.05, 0) is 67.4 Å². The first-order chi connectivity index (χ1) is 21.5. The molecule has 0 aliphatic heterocycles. The molecule has 0 spiro atoms. The Balaban J connectivity index is 1.83. The molecule has 4 aromatic rings. The van der Waals surface area contributed by atoms with Crippen molar-refractivity contribution < 1.29 is 22.4 Å². The van der Waals surface area contributed by atoms with Gasteiger partial charge < -0.3 is 10.2 Å². The average molecular weight is 671 g/mol. The van der Waals surface area contributed by atoms with Gasteiger partial charge in [-0.1, -0.05) is 84.7 Å². The van der Waals surface area contributed by atoms with E-state index in [-0.39, 0.29) is 39.6 Å². The lowest BCUT2D eigenvalue weighted by Gasteiger charge is -2.34.